The smallest absolute Gasteiger partial charge is 0.181 e. The third kappa shape index (κ3) is 4.39. The lowest BCUT2D eigenvalue weighted by atomic mass is 9.99. The molecule has 0 radical (unpaired) electrons. The average molecular weight is 284 g/mol. The number of hydrogen-bond acceptors (Lipinski definition) is 4. The van der Waals surface area contributed by atoms with Crippen LogP contribution in [-0.4, -0.2) is 23.4 Å². The number of nitrogens with zero attached hydrogens (tertiary/aromatic N) is 1. The van der Waals surface area contributed by atoms with Gasteiger partial charge in [0, 0.05) is 11.8 Å². The van der Waals surface area contributed by atoms with Crippen molar-refractivity contribution in [3.05, 3.63) is 59.9 Å². The fraction of sp³-hybridized carbons (Fsp3) is 0.294. The second-order valence-electron chi connectivity index (χ2n) is 4.92. The number of benzene rings is 1. The van der Waals surface area contributed by atoms with Gasteiger partial charge >= 0.3 is 0 Å². The Balaban J connectivity index is 2.05. The minimum absolute atomic E-state index is 0.117. The van der Waals surface area contributed by atoms with Gasteiger partial charge in [-0.05, 0) is 24.5 Å². The van der Waals surface area contributed by atoms with Crippen molar-refractivity contribution in [1.82, 2.24) is 4.98 Å². The first-order valence-corrected chi connectivity index (χ1v) is 7.12. The molecule has 0 aliphatic rings. The zero-order valence-electron chi connectivity index (χ0n) is 12.2. The number of aromatic nitrogens is 1. The van der Waals surface area contributed by atoms with Crippen LogP contribution in [0, 0.1) is 0 Å². The summed E-state index contributed by atoms with van der Waals surface area (Å²) in [5, 5.41) is 0. The normalized spacial score (nSPS) is 11.9. The Morgan fingerprint density at radius 1 is 1.29 bits per heavy atom. The molecule has 2 N–H and O–H groups in total. The highest BCUT2D eigenvalue weighted by Gasteiger charge is 2.17. The molecule has 110 valence electrons. The Hall–Kier alpha value is -2.20. The predicted octanol–water partition coefficient (Wildman–Crippen LogP) is 2.62. The van der Waals surface area contributed by atoms with Crippen LogP contribution in [0.25, 0.3) is 0 Å². The van der Waals surface area contributed by atoms with Gasteiger partial charge in [-0.1, -0.05) is 37.3 Å². The summed E-state index contributed by atoms with van der Waals surface area (Å²) in [6.07, 6.45) is 4.56. The molecule has 0 saturated heterocycles. The molecule has 1 atom stereocenters. The van der Waals surface area contributed by atoms with Crippen molar-refractivity contribution < 1.29 is 9.53 Å². The van der Waals surface area contributed by atoms with E-state index in [-0.39, 0.29) is 5.78 Å². The Morgan fingerprint density at radius 3 is 2.76 bits per heavy atom. The average Bonchev–Trinajstić information content (AvgIpc) is 2.53. The van der Waals surface area contributed by atoms with Crippen LogP contribution in [-0.2, 0) is 6.42 Å². The van der Waals surface area contributed by atoms with E-state index in [1.54, 1.807) is 12.3 Å². The molecule has 0 saturated carbocycles. The van der Waals surface area contributed by atoms with Crippen LogP contribution in [0.1, 0.15) is 29.3 Å². The summed E-state index contributed by atoms with van der Waals surface area (Å²) in [5.41, 5.74) is 7.55. The minimum atomic E-state index is -0.573. The molecule has 4 heteroatoms. The fourth-order valence-electron chi connectivity index (χ4n) is 2.03. The lowest BCUT2D eigenvalue weighted by Crippen LogP contribution is -2.32. The molecule has 0 spiro atoms. The second-order valence-corrected chi connectivity index (χ2v) is 4.92. The van der Waals surface area contributed by atoms with Gasteiger partial charge in [-0.3, -0.25) is 9.78 Å². The molecule has 1 unspecified atom stereocenters. The Bertz CT molecular complexity index is 584. The molecule has 1 heterocycles. The minimum Gasteiger partial charge on any atom is -0.492 e. The SMILES string of the molecule is CCCOc1cncc(C(=O)C(N)Cc2ccccc2)c1. The monoisotopic (exact) mass is 284 g/mol. The summed E-state index contributed by atoms with van der Waals surface area (Å²) >= 11 is 0. The largest absolute Gasteiger partial charge is 0.492 e. The molecular weight excluding hydrogens is 264 g/mol. The molecule has 1 aromatic carbocycles. The van der Waals surface area contributed by atoms with Crippen LogP contribution in [0.4, 0.5) is 0 Å². The highest BCUT2D eigenvalue weighted by Crippen LogP contribution is 2.14. The number of ketones is 1. The molecule has 0 fully saturated rings. The predicted molar refractivity (Wildman–Crippen MR) is 82.5 cm³/mol. The zero-order chi connectivity index (χ0) is 15.1. The lowest BCUT2D eigenvalue weighted by Gasteiger charge is -2.11. The number of rotatable bonds is 7. The van der Waals surface area contributed by atoms with E-state index in [1.807, 2.05) is 37.3 Å². The van der Waals surface area contributed by atoms with Crippen molar-refractivity contribution in [1.29, 1.82) is 0 Å². The van der Waals surface area contributed by atoms with Gasteiger partial charge in [-0.25, -0.2) is 0 Å². The van der Waals surface area contributed by atoms with E-state index in [2.05, 4.69) is 4.98 Å². The molecular formula is C17H20N2O2. The molecule has 0 aliphatic carbocycles. The van der Waals surface area contributed by atoms with E-state index in [9.17, 15) is 4.79 Å². The van der Waals surface area contributed by atoms with Crippen LogP contribution in [0.2, 0.25) is 0 Å². The van der Waals surface area contributed by atoms with Crippen molar-refractivity contribution >= 4 is 5.78 Å². The van der Waals surface area contributed by atoms with E-state index < -0.39 is 6.04 Å². The van der Waals surface area contributed by atoms with E-state index in [0.717, 1.165) is 12.0 Å². The maximum atomic E-state index is 12.4. The van der Waals surface area contributed by atoms with Gasteiger partial charge in [-0.2, -0.15) is 0 Å². The maximum Gasteiger partial charge on any atom is 0.181 e. The summed E-state index contributed by atoms with van der Waals surface area (Å²) in [6.45, 7) is 2.63. The summed E-state index contributed by atoms with van der Waals surface area (Å²) in [4.78, 5) is 16.4. The van der Waals surface area contributed by atoms with Gasteiger partial charge in [0.15, 0.2) is 5.78 Å². The summed E-state index contributed by atoms with van der Waals surface area (Å²) in [6, 6.07) is 10.9. The molecule has 0 bridgehead atoms. The lowest BCUT2D eigenvalue weighted by molar-refractivity contribution is 0.0960. The second kappa shape index (κ2) is 7.55. The number of pyridine rings is 1. The van der Waals surface area contributed by atoms with Gasteiger partial charge in [0.1, 0.15) is 5.75 Å². The first-order chi connectivity index (χ1) is 10.2. The van der Waals surface area contributed by atoms with Crippen LogP contribution in [0.3, 0.4) is 0 Å². The van der Waals surface area contributed by atoms with Crippen molar-refractivity contribution in [2.45, 2.75) is 25.8 Å². The van der Waals surface area contributed by atoms with Crippen LogP contribution < -0.4 is 10.5 Å². The van der Waals surface area contributed by atoms with Crippen molar-refractivity contribution in [2.75, 3.05) is 6.61 Å². The number of carbonyl (C=O) groups excluding carboxylic acids is 1. The van der Waals surface area contributed by atoms with Crippen molar-refractivity contribution in [2.24, 2.45) is 5.73 Å². The number of Topliss-reactive ketones (excluding diaryl/α,β-unsaturated/α-hetero) is 1. The molecule has 2 rings (SSSR count). The first kappa shape index (κ1) is 15.2. The van der Waals surface area contributed by atoms with Crippen LogP contribution in [0.5, 0.6) is 5.75 Å². The number of hydrogen-bond donors (Lipinski definition) is 1. The summed E-state index contributed by atoms with van der Waals surface area (Å²) < 4.78 is 5.49. The fourth-order valence-corrected chi connectivity index (χ4v) is 2.03. The van der Waals surface area contributed by atoms with E-state index in [0.29, 0.717) is 24.3 Å². The Labute approximate surface area is 125 Å². The molecule has 0 amide bonds. The summed E-state index contributed by atoms with van der Waals surface area (Å²) in [5.74, 6) is 0.489. The highest BCUT2D eigenvalue weighted by atomic mass is 16.5. The zero-order valence-corrected chi connectivity index (χ0v) is 12.2. The quantitative estimate of drug-likeness (QED) is 0.794. The van der Waals surface area contributed by atoms with E-state index >= 15 is 0 Å². The van der Waals surface area contributed by atoms with E-state index in [4.69, 9.17) is 10.5 Å². The molecule has 21 heavy (non-hydrogen) atoms. The summed E-state index contributed by atoms with van der Waals surface area (Å²) in [7, 11) is 0. The topological polar surface area (TPSA) is 65.2 Å². The molecule has 2 aromatic rings. The highest BCUT2D eigenvalue weighted by molar-refractivity contribution is 6.00. The van der Waals surface area contributed by atoms with Gasteiger partial charge in [0.05, 0.1) is 18.8 Å². The number of nitrogens with two attached hydrogens (primary N) is 1. The van der Waals surface area contributed by atoms with Gasteiger partial charge < -0.3 is 10.5 Å². The number of carbonyl (C=O) groups is 1. The molecule has 4 nitrogen and oxygen atoms in total. The molecule has 0 aliphatic heterocycles. The van der Waals surface area contributed by atoms with Gasteiger partial charge in [-0.15, -0.1) is 0 Å². The molecule has 1 aromatic heterocycles. The first-order valence-electron chi connectivity index (χ1n) is 7.12. The third-order valence-electron chi connectivity index (χ3n) is 3.11. The Morgan fingerprint density at radius 2 is 2.05 bits per heavy atom. The maximum absolute atomic E-state index is 12.4. The van der Waals surface area contributed by atoms with E-state index in [1.165, 1.54) is 6.20 Å². The van der Waals surface area contributed by atoms with Crippen LogP contribution >= 0.6 is 0 Å². The van der Waals surface area contributed by atoms with Crippen LogP contribution in [0.15, 0.2) is 48.8 Å². The van der Waals surface area contributed by atoms with Gasteiger partial charge in [0.25, 0.3) is 0 Å². The van der Waals surface area contributed by atoms with Gasteiger partial charge in [0.2, 0.25) is 0 Å². The standard InChI is InChI=1S/C17H20N2O2/c1-2-8-21-15-10-14(11-19-12-15)17(20)16(18)9-13-6-4-3-5-7-13/h3-7,10-12,16H,2,8-9,18H2,1H3. The van der Waals surface area contributed by atoms with Crippen molar-refractivity contribution in [3.8, 4) is 5.75 Å². The van der Waals surface area contributed by atoms with Crippen molar-refractivity contribution in [3.63, 3.8) is 0 Å². The third-order valence-corrected chi connectivity index (χ3v) is 3.11. The Kier molecular flexibility index (Phi) is 5.46. The number of ether oxygens (including phenoxy) is 1.